The Morgan fingerprint density at radius 1 is 1.60 bits per heavy atom. The van der Waals surface area contributed by atoms with Crippen molar-refractivity contribution < 1.29 is 19.5 Å². The molecule has 1 aromatic rings. The average molecular weight is 216 g/mol. The van der Waals surface area contributed by atoms with Gasteiger partial charge in [-0.2, -0.15) is 5.16 Å². The van der Waals surface area contributed by atoms with Crippen LogP contribution in [0.1, 0.15) is 11.3 Å². The monoisotopic (exact) mass is 216 g/mol. The number of carbonyl (C=O) groups is 1. The third-order valence-corrected chi connectivity index (χ3v) is 1.96. The zero-order valence-electron chi connectivity index (χ0n) is 7.90. The fourth-order valence-electron chi connectivity index (χ4n) is 1.17. The van der Waals surface area contributed by atoms with Gasteiger partial charge in [0, 0.05) is 19.4 Å². The van der Waals surface area contributed by atoms with Gasteiger partial charge in [-0.05, 0) is 0 Å². The molecule has 0 spiro atoms. The highest BCUT2D eigenvalue weighted by molar-refractivity contribution is 5.73. The topological polar surface area (TPSA) is 130 Å². The van der Waals surface area contributed by atoms with Crippen LogP contribution in [0.5, 0.6) is 0 Å². The molecule has 5 N–H and O–H groups in total. The Hall–Kier alpha value is -1.60. The number of hydrogen-bond donors (Lipinski definition) is 4. The maximum atomic E-state index is 11.1. The number of aliphatic carboxylic acids is 1. The molecule has 0 aliphatic carbocycles. The molecule has 0 aliphatic heterocycles. The second-order valence-corrected chi connectivity index (χ2v) is 3.06. The summed E-state index contributed by atoms with van der Waals surface area (Å²) in [6.07, 6.45) is 0.0386. The van der Waals surface area contributed by atoms with Gasteiger partial charge in [0.25, 0.3) is 5.56 Å². The van der Waals surface area contributed by atoms with Gasteiger partial charge >= 0.3 is 5.97 Å². The molecule has 0 saturated carbocycles. The highest BCUT2D eigenvalue weighted by Gasteiger charge is 2.19. The molecule has 1 rings (SSSR count). The second kappa shape index (κ2) is 4.76. The van der Waals surface area contributed by atoms with Crippen molar-refractivity contribution in [3.8, 4) is 0 Å². The van der Waals surface area contributed by atoms with Crippen LogP contribution in [0.3, 0.4) is 0 Å². The number of carboxylic acid groups (broad SMARTS) is 1. The highest BCUT2D eigenvalue weighted by atomic mass is 16.5. The van der Waals surface area contributed by atoms with E-state index in [9.17, 15) is 9.59 Å². The molecule has 0 aliphatic rings. The van der Waals surface area contributed by atoms with Gasteiger partial charge in [0.05, 0.1) is 5.56 Å². The lowest BCUT2D eigenvalue weighted by atomic mass is 10.1. The van der Waals surface area contributed by atoms with Gasteiger partial charge in [-0.3, -0.25) is 9.59 Å². The van der Waals surface area contributed by atoms with Gasteiger partial charge in [-0.15, -0.1) is 0 Å². The predicted octanol–water partition coefficient (Wildman–Crippen LogP) is -1.54. The van der Waals surface area contributed by atoms with E-state index in [0.29, 0.717) is 0 Å². The van der Waals surface area contributed by atoms with Crippen molar-refractivity contribution in [2.75, 3.05) is 6.61 Å². The summed E-state index contributed by atoms with van der Waals surface area (Å²) < 4.78 is 4.78. The van der Waals surface area contributed by atoms with Gasteiger partial charge in [-0.25, -0.2) is 0 Å². The van der Waals surface area contributed by atoms with E-state index in [0.717, 1.165) is 0 Å². The first kappa shape index (κ1) is 11.5. The molecule has 0 amide bonds. The molecule has 0 aromatic carbocycles. The van der Waals surface area contributed by atoms with Crippen LogP contribution in [-0.4, -0.2) is 34.0 Å². The number of H-pyrrole nitrogens is 1. The van der Waals surface area contributed by atoms with E-state index < -0.39 is 17.6 Å². The molecule has 0 saturated heterocycles. The number of nitrogens with two attached hydrogens (primary N) is 1. The molecule has 7 heteroatoms. The van der Waals surface area contributed by atoms with E-state index >= 15 is 0 Å². The average Bonchev–Trinajstić information content (AvgIpc) is 2.50. The number of aromatic amines is 1. The largest absolute Gasteiger partial charge is 0.480 e. The maximum absolute atomic E-state index is 11.1. The molecule has 84 valence electrons. The lowest BCUT2D eigenvalue weighted by Gasteiger charge is -2.03. The van der Waals surface area contributed by atoms with E-state index in [2.05, 4.69) is 5.16 Å². The number of hydrogen-bond acceptors (Lipinski definition) is 5. The van der Waals surface area contributed by atoms with Crippen molar-refractivity contribution in [2.24, 2.45) is 5.73 Å². The van der Waals surface area contributed by atoms with Gasteiger partial charge in [0.1, 0.15) is 11.8 Å². The van der Waals surface area contributed by atoms with Crippen molar-refractivity contribution in [1.29, 1.82) is 0 Å². The Kier molecular flexibility index (Phi) is 3.64. The standard InChI is InChI=1S/C8H12N2O5/c9-5(8(13)14)3-6-4(1-2-11)7(12)10-15-6/h5,11H,1-3,9H2,(H,10,12)(H,13,14). The molecular formula is C8H12N2O5. The summed E-state index contributed by atoms with van der Waals surface area (Å²) in [5.74, 6) is -0.988. The van der Waals surface area contributed by atoms with Gasteiger partial charge < -0.3 is 20.5 Å². The van der Waals surface area contributed by atoms with Crippen molar-refractivity contribution >= 4 is 5.97 Å². The third kappa shape index (κ3) is 2.67. The molecule has 1 aromatic heterocycles. The fraction of sp³-hybridized carbons (Fsp3) is 0.500. The van der Waals surface area contributed by atoms with Crippen LogP contribution in [0, 0.1) is 0 Å². The highest BCUT2D eigenvalue weighted by Crippen LogP contribution is 2.06. The number of carboxylic acids is 1. The third-order valence-electron chi connectivity index (χ3n) is 1.96. The molecule has 0 bridgehead atoms. The maximum Gasteiger partial charge on any atom is 0.320 e. The summed E-state index contributed by atoms with van der Waals surface area (Å²) in [6, 6.07) is -1.12. The Morgan fingerprint density at radius 3 is 2.80 bits per heavy atom. The SMILES string of the molecule is NC(Cc1o[nH]c(=O)c1CCO)C(=O)O. The van der Waals surface area contributed by atoms with Crippen LogP contribution in [0.2, 0.25) is 0 Å². The normalized spacial score (nSPS) is 12.7. The first-order chi connectivity index (χ1) is 7.06. The first-order valence-electron chi connectivity index (χ1n) is 4.34. The first-order valence-corrected chi connectivity index (χ1v) is 4.34. The summed E-state index contributed by atoms with van der Waals surface area (Å²) in [6.45, 7) is -0.210. The minimum Gasteiger partial charge on any atom is -0.480 e. The van der Waals surface area contributed by atoms with E-state index in [1.807, 2.05) is 0 Å². The molecule has 15 heavy (non-hydrogen) atoms. The predicted molar refractivity (Wildman–Crippen MR) is 49.4 cm³/mol. The van der Waals surface area contributed by atoms with Crippen molar-refractivity contribution in [3.63, 3.8) is 0 Å². The zero-order valence-corrected chi connectivity index (χ0v) is 7.90. The summed E-state index contributed by atoms with van der Waals surface area (Å²) in [5, 5.41) is 19.3. The molecule has 7 nitrogen and oxygen atoms in total. The molecule has 1 atom stereocenters. The van der Waals surface area contributed by atoms with Crippen LogP contribution >= 0.6 is 0 Å². The number of nitrogens with one attached hydrogen (secondary N) is 1. The second-order valence-electron chi connectivity index (χ2n) is 3.06. The van der Waals surface area contributed by atoms with Crippen LogP contribution in [-0.2, 0) is 17.6 Å². The number of aromatic nitrogens is 1. The number of rotatable bonds is 5. The zero-order chi connectivity index (χ0) is 11.4. The fourth-order valence-corrected chi connectivity index (χ4v) is 1.17. The van der Waals surface area contributed by atoms with Crippen molar-refractivity contribution in [1.82, 2.24) is 5.16 Å². The summed E-state index contributed by atoms with van der Waals surface area (Å²) in [4.78, 5) is 21.6. The Balaban J connectivity index is 2.85. The summed E-state index contributed by atoms with van der Waals surface area (Å²) in [7, 11) is 0. The van der Waals surface area contributed by atoms with Crippen molar-refractivity contribution in [3.05, 3.63) is 21.7 Å². The molecule has 0 radical (unpaired) electrons. The lowest BCUT2D eigenvalue weighted by Crippen LogP contribution is -2.32. The summed E-state index contributed by atoms with van der Waals surface area (Å²) >= 11 is 0. The van der Waals surface area contributed by atoms with Crippen molar-refractivity contribution in [2.45, 2.75) is 18.9 Å². The van der Waals surface area contributed by atoms with Crippen LogP contribution in [0.4, 0.5) is 0 Å². The molecule has 0 fully saturated rings. The van der Waals surface area contributed by atoms with Crippen LogP contribution in [0.15, 0.2) is 9.32 Å². The minimum atomic E-state index is -1.17. The minimum absolute atomic E-state index is 0.0800. The molecule has 1 heterocycles. The smallest absolute Gasteiger partial charge is 0.320 e. The van der Waals surface area contributed by atoms with Gasteiger partial charge in [-0.1, -0.05) is 0 Å². The van der Waals surface area contributed by atoms with E-state index in [1.54, 1.807) is 0 Å². The molecular weight excluding hydrogens is 204 g/mol. The quantitative estimate of drug-likeness (QED) is 0.472. The number of aliphatic hydroxyl groups is 1. The Morgan fingerprint density at radius 2 is 2.27 bits per heavy atom. The van der Waals surface area contributed by atoms with Gasteiger partial charge in [0.15, 0.2) is 0 Å². The Labute approximate surface area is 84.5 Å². The Bertz CT molecular complexity index is 394. The summed E-state index contributed by atoms with van der Waals surface area (Å²) in [5.41, 5.74) is 5.07. The lowest BCUT2D eigenvalue weighted by molar-refractivity contribution is -0.138. The molecule has 1 unspecified atom stereocenters. The van der Waals surface area contributed by atoms with E-state index in [-0.39, 0.29) is 30.8 Å². The van der Waals surface area contributed by atoms with E-state index in [4.69, 9.17) is 20.5 Å². The van der Waals surface area contributed by atoms with Crippen LogP contribution < -0.4 is 11.3 Å². The van der Waals surface area contributed by atoms with Gasteiger partial charge in [0.2, 0.25) is 0 Å². The number of aliphatic hydroxyl groups excluding tert-OH is 1. The van der Waals surface area contributed by atoms with E-state index in [1.165, 1.54) is 0 Å². The van der Waals surface area contributed by atoms with Crippen LogP contribution in [0.25, 0.3) is 0 Å².